The van der Waals surface area contributed by atoms with E-state index in [2.05, 4.69) is 20.9 Å². The molecule has 2 rings (SSSR count). The Hall–Kier alpha value is -1.49. The number of aliphatic hydroxyl groups excluding tert-OH is 2. The van der Waals surface area contributed by atoms with Crippen molar-refractivity contribution in [1.82, 2.24) is 4.98 Å². The summed E-state index contributed by atoms with van der Waals surface area (Å²) >= 11 is 8.15. The van der Waals surface area contributed by atoms with E-state index >= 15 is 0 Å². The summed E-state index contributed by atoms with van der Waals surface area (Å²) in [5.74, 6) is -1.96. The number of aromatic nitrogens is 1. The lowest BCUT2D eigenvalue weighted by Crippen LogP contribution is -2.64. The Morgan fingerprint density at radius 2 is 1.75 bits per heavy atom. The molecule has 8 nitrogen and oxygen atoms in total. The molecular weight excluding hydrogens is 410 g/mol. The Labute approximate surface area is 148 Å². The quantitative estimate of drug-likeness (QED) is 0.283. The predicted octanol–water partition coefficient (Wildman–Crippen LogP) is 0.0108. The summed E-state index contributed by atoms with van der Waals surface area (Å²) < 4.78 is -1.18. The summed E-state index contributed by atoms with van der Waals surface area (Å²) in [6, 6.07) is 7.81. The molecule has 0 saturated heterocycles. The lowest BCUT2D eigenvalue weighted by molar-refractivity contribution is -0.211. The second-order valence-electron chi connectivity index (χ2n) is 5.16. The monoisotopic (exact) mass is 421 g/mol. The van der Waals surface area contributed by atoms with Gasteiger partial charge in [-0.1, -0.05) is 29.8 Å². The number of aliphatic hydroxyl groups is 4. The third-order valence-corrected chi connectivity index (χ3v) is 4.61. The number of hydrogen-bond acceptors (Lipinski definition) is 6. The number of alkyl halides is 1. The van der Waals surface area contributed by atoms with Crippen LogP contribution >= 0.6 is 27.5 Å². The van der Waals surface area contributed by atoms with Crippen LogP contribution in [-0.2, 0) is 15.2 Å². The first-order chi connectivity index (χ1) is 11.0. The van der Waals surface area contributed by atoms with Crippen LogP contribution in [0.1, 0.15) is 5.69 Å². The average Bonchev–Trinajstić information content (AvgIpc) is 2.96. The van der Waals surface area contributed by atoms with Crippen molar-refractivity contribution in [3.05, 3.63) is 36.0 Å². The van der Waals surface area contributed by atoms with Crippen LogP contribution < -0.4 is 0 Å². The smallest absolute Gasteiger partial charge is 0.337 e. The summed E-state index contributed by atoms with van der Waals surface area (Å²) in [4.78, 5) is 25.1. The SMILES string of the molecule is O=C(O)[C@@H](O)[C@](O)(Cl)[C@@](O)(c1cc2ccccc2[nH]1)[C@@H](O)C(=O)Br. The molecule has 24 heavy (non-hydrogen) atoms. The van der Waals surface area contributed by atoms with E-state index in [1.807, 2.05) is 0 Å². The summed E-state index contributed by atoms with van der Waals surface area (Å²) in [6.07, 6.45) is -5.10. The molecule has 4 atom stereocenters. The number of carboxylic acids is 1. The van der Waals surface area contributed by atoms with Gasteiger partial charge in [-0.25, -0.2) is 4.79 Å². The number of carboxylic acid groups (broad SMARTS) is 1. The number of nitrogens with one attached hydrogen (secondary N) is 1. The van der Waals surface area contributed by atoms with Gasteiger partial charge >= 0.3 is 5.97 Å². The maximum Gasteiger partial charge on any atom is 0.337 e. The second-order valence-corrected chi connectivity index (χ2v) is 6.52. The number of aliphatic carboxylic acids is 1. The van der Waals surface area contributed by atoms with Crippen molar-refractivity contribution < 1.29 is 35.1 Å². The molecule has 6 N–H and O–H groups in total. The molecule has 1 heterocycles. The van der Waals surface area contributed by atoms with Crippen LogP contribution in [0.5, 0.6) is 0 Å². The molecule has 0 spiro atoms. The lowest BCUT2D eigenvalue weighted by Gasteiger charge is -2.41. The van der Waals surface area contributed by atoms with Crippen molar-refractivity contribution >= 4 is 49.1 Å². The number of para-hydroxylation sites is 1. The normalized spacial score (nSPS) is 19.2. The summed E-state index contributed by atoms with van der Waals surface area (Å²) in [7, 11) is 0. The van der Waals surface area contributed by atoms with Crippen molar-refractivity contribution in [2.24, 2.45) is 0 Å². The Kier molecular flexibility index (Phi) is 5.05. The molecule has 0 amide bonds. The number of fused-ring (bicyclic) bond motifs is 1. The number of rotatable bonds is 6. The van der Waals surface area contributed by atoms with E-state index in [0.29, 0.717) is 10.9 Å². The van der Waals surface area contributed by atoms with E-state index in [-0.39, 0.29) is 5.69 Å². The first kappa shape index (κ1) is 18.8. The second kappa shape index (κ2) is 6.43. The third kappa shape index (κ3) is 2.83. The van der Waals surface area contributed by atoms with Crippen LogP contribution in [0.3, 0.4) is 0 Å². The maximum absolute atomic E-state index is 11.5. The number of benzene rings is 1. The highest BCUT2D eigenvalue weighted by molar-refractivity contribution is 9.18. The summed E-state index contributed by atoms with van der Waals surface area (Å²) in [5.41, 5.74) is -2.97. The fraction of sp³-hybridized carbons (Fsp3) is 0.286. The fourth-order valence-corrected chi connectivity index (χ4v) is 2.97. The zero-order valence-corrected chi connectivity index (χ0v) is 14.2. The van der Waals surface area contributed by atoms with Crippen LogP contribution in [-0.4, -0.2) is 58.4 Å². The van der Waals surface area contributed by atoms with Crippen molar-refractivity contribution in [3.8, 4) is 0 Å². The van der Waals surface area contributed by atoms with Gasteiger partial charge in [-0.15, -0.1) is 0 Å². The molecule has 1 aromatic heterocycles. The molecule has 1 aromatic carbocycles. The van der Waals surface area contributed by atoms with E-state index in [0.717, 1.165) is 0 Å². The van der Waals surface area contributed by atoms with Gasteiger partial charge in [0.25, 0.3) is 0 Å². The minimum atomic E-state index is -3.33. The highest BCUT2D eigenvalue weighted by Gasteiger charge is 2.63. The van der Waals surface area contributed by atoms with Gasteiger partial charge < -0.3 is 30.5 Å². The number of H-pyrrole nitrogens is 1. The summed E-state index contributed by atoms with van der Waals surface area (Å²) in [6.45, 7) is 0. The number of carbonyl (C=O) groups excluding carboxylic acids is 1. The van der Waals surface area contributed by atoms with E-state index in [1.54, 1.807) is 24.3 Å². The highest BCUT2D eigenvalue weighted by atomic mass is 79.9. The van der Waals surface area contributed by atoms with Crippen molar-refractivity contribution in [2.45, 2.75) is 22.9 Å². The lowest BCUT2D eigenvalue weighted by atomic mass is 9.83. The van der Waals surface area contributed by atoms with Crippen molar-refractivity contribution in [3.63, 3.8) is 0 Å². The molecule has 2 aromatic rings. The Morgan fingerprint density at radius 3 is 2.25 bits per heavy atom. The fourth-order valence-electron chi connectivity index (χ4n) is 2.34. The molecule has 0 aliphatic rings. The van der Waals surface area contributed by atoms with Gasteiger partial charge in [0.2, 0.25) is 9.75 Å². The largest absolute Gasteiger partial charge is 0.479 e. The molecular formula is C14H13BrClNO7. The first-order valence-electron chi connectivity index (χ1n) is 6.53. The average molecular weight is 423 g/mol. The maximum atomic E-state index is 11.5. The van der Waals surface area contributed by atoms with E-state index < -0.39 is 33.5 Å². The number of halogens is 2. The zero-order valence-electron chi connectivity index (χ0n) is 11.8. The third-order valence-electron chi connectivity index (χ3n) is 3.68. The van der Waals surface area contributed by atoms with Crippen molar-refractivity contribution in [2.75, 3.05) is 0 Å². The zero-order chi connectivity index (χ0) is 18.3. The Morgan fingerprint density at radius 1 is 1.17 bits per heavy atom. The van der Waals surface area contributed by atoms with Crippen LogP contribution in [0.25, 0.3) is 10.9 Å². The van der Waals surface area contributed by atoms with Gasteiger partial charge in [-0.05, 0) is 33.4 Å². The van der Waals surface area contributed by atoms with Crippen LogP contribution in [0, 0.1) is 0 Å². The standard InChI is InChI=1S/C14H13BrClNO7/c15-11(20)9(18)13(23,14(16,24)10(19)12(21)22)8-5-6-3-1-2-4-7(6)17-8/h1-5,9-10,17-19,23-24H,(H,21,22)/t9-,10+,13+,14+/m0/s1. The molecule has 0 unspecified atom stereocenters. The van der Waals surface area contributed by atoms with Gasteiger partial charge in [0, 0.05) is 5.52 Å². The van der Waals surface area contributed by atoms with Gasteiger partial charge in [-0.3, -0.25) is 4.79 Å². The minimum Gasteiger partial charge on any atom is -0.479 e. The molecule has 0 radical (unpaired) electrons. The van der Waals surface area contributed by atoms with E-state index in [4.69, 9.17) is 16.7 Å². The Balaban J connectivity index is 2.71. The van der Waals surface area contributed by atoms with Crippen LogP contribution in [0.2, 0.25) is 0 Å². The molecule has 0 aliphatic heterocycles. The molecule has 10 heteroatoms. The number of carbonyl (C=O) groups is 2. The number of aromatic amines is 1. The van der Waals surface area contributed by atoms with E-state index in [9.17, 15) is 30.0 Å². The molecule has 0 fully saturated rings. The van der Waals surface area contributed by atoms with Crippen LogP contribution in [0.15, 0.2) is 30.3 Å². The molecule has 130 valence electrons. The molecule has 0 saturated carbocycles. The Bertz CT molecular complexity index is 759. The predicted molar refractivity (Wildman–Crippen MR) is 86.6 cm³/mol. The van der Waals surface area contributed by atoms with Gasteiger partial charge in [0.05, 0.1) is 5.69 Å². The number of hydrogen-bond donors (Lipinski definition) is 6. The van der Waals surface area contributed by atoms with Crippen LogP contribution in [0.4, 0.5) is 0 Å². The first-order valence-corrected chi connectivity index (χ1v) is 7.70. The summed E-state index contributed by atoms with van der Waals surface area (Å²) in [5, 5.41) is 47.0. The highest BCUT2D eigenvalue weighted by Crippen LogP contribution is 2.43. The van der Waals surface area contributed by atoms with Gasteiger partial charge in [0.15, 0.2) is 17.8 Å². The van der Waals surface area contributed by atoms with Gasteiger partial charge in [0.1, 0.15) is 0 Å². The topological polar surface area (TPSA) is 151 Å². The van der Waals surface area contributed by atoms with E-state index in [1.165, 1.54) is 6.07 Å². The van der Waals surface area contributed by atoms with Crippen molar-refractivity contribution in [1.29, 1.82) is 0 Å². The van der Waals surface area contributed by atoms with Gasteiger partial charge in [-0.2, -0.15) is 0 Å². The minimum absolute atomic E-state index is 0.359. The molecule has 0 aliphatic carbocycles. The molecule has 0 bridgehead atoms.